The predicted molar refractivity (Wildman–Crippen MR) is 67.5 cm³/mol. The van der Waals surface area contributed by atoms with Crippen LogP contribution in [-0.4, -0.2) is 97.8 Å². The van der Waals surface area contributed by atoms with Gasteiger partial charge in [0.15, 0.2) is 11.9 Å². The van der Waals surface area contributed by atoms with Crippen LogP contribution in [0.4, 0.5) is 0 Å². The number of esters is 1. The van der Waals surface area contributed by atoms with E-state index in [9.17, 15) is 35.4 Å². The van der Waals surface area contributed by atoms with Crippen LogP contribution in [0.2, 0.25) is 0 Å². The van der Waals surface area contributed by atoms with Crippen LogP contribution in [0.15, 0.2) is 11.5 Å². The van der Waals surface area contributed by atoms with Crippen molar-refractivity contribution >= 4 is 5.97 Å². The summed E-state index contributed by atoms with van der Waals surface area (Å²) >= 11 is 0. The van der Waals surface area contributed by atoms with Crippen molar-refractivity contribution in [3.05, 3.63) is 11.5 Å². The number of aliphatic hydroxyl groups is 7. The van der Waals surface area contributed by atoms with E-state index in [-0.39, 0.29) is 0 Å². The largest absolute Gasteiger partial charge is 0.505 e. The second-order valence-corrected chi connectivity index (χ2v) is 5.18. The molecule has 0 aromatic heterocycles. The molecule has 0 unspecified atom stereocenters. The Labute approximate surface area is 129 Å². The van der Waals surface area contributed by atoms with E-state index in [1.54, 1.807) is 0 Å². The molecule has 0 amide bonds. The van der Waals surface area contributed by atoms with Crippen molar-refractivity contribution < 1.29 is 54.8 Å². The smallest absolute Gasteiger partial charge is 0.378 e. The van der Waals surface area contributed by atoms with Gasteiger partial charge < -0.3 is 50.0 Å². The van der Waals surface area contributed by atoms with Crippen molar-refractivity contribution in [2.24, 2.45) is 0 Å². The molecule has 2 aliphatic heterocycles. The maximum Gasteiger partial charge on any atom is 0.378 e. The van der Waals surface area contributed by atoms with Gasteiger partial charge in [0.1, 0.15) is 31.0 Å². The molecule has 1 fully saturated rings. The monoisotopic (exact) mass is 338 g/mol. The summed E-state index contributed by atoms with van der Waals surface area (Å²) in [7, 11) is 0. The summed E-state index contributed by atoms with van der Waals surface area (Å²) in [5.41, 5.74) is 0. The van der Waals surface area contributed by atoms with E-state index in [0.717, 1.165) is 0 Å². The number of ether oxygens (including phenoxy) is 3. The van der Waals surface area contributed by atoms with Crippen LogP contribution in [0.1, 0.15) is 0 Å². The minimum Gasteiger partial charge on any atom is -0.505 e. The highest BCUT2D eigenvalue weighted by atomic mass is 16.7. The second-order valence-electron chi connectivity index (χ2n) is 5.18. The molecule has 0 aliphatic carbocycles. The lowest BCUT2D eigenvalue weighted by atomic mass is 9.97. The lowest BCUT2D eigenvalue weighted by molar-refractivity contribution is -0.336. The van der Waals surface area contributed by atoms with E-state index >= 15 is 0 Å². The zero-order valence-electron chi connectivity index (χ0n) is 11.8. The highest BCUT2D eigenvalue weighted by Gasteiger charge is 2.54. The van der Waals surface area contributed by atoms with Crippen LogP contribution in [0.5, 0.6) is 0 Å². The Morgan fingerprint density at radius 3 is 2.52 bits per heavy atom. The van der Waals surface area contributed by atoms with Gasteiger partial charge in [-0.3, -0.25) is 0 Å². The van der Waals surface area contributed by atoms with Crippen LogP contribution in [0.25, 0.3) is 0 Å². The molecule has 2 heterocycles. The van der Waals surface area contributed by atoms with Crippen LogP contribution in [-0.2, 0) is 19.0 Å². The molecule has 11 nitrogen and oxygen atoms in total. The fraction of sp³-hybridized carbons (Fsp3) is 0.750. The van der Waals surface area contributed by atoms with Gasteiger partial charge in [-0.2, -0.15) is 0 Å². The van der Waals surface area contributed by atoms with E-state index in [1.165, 1.54) is 0 Å². The number of hydrogen-bond acceptors (Lipinski definition) is 11. The number of carbonyl (C=O) groups is 1. The summed E-state index contributed by atoms with van der Waals surface area (Å²) in [5, 5.41) is 66.6. The molecule has 0 aromatic carbocycles. The maximum absolute atomic E-state index is 11.7. The van der Waals surface area contributed by atoms with Gasteiger partial charge in [-0.25, -0.2) is 4.79 Å². The first-order valence-electron chi connectivity index (χ1n) is 6.68. The normalized spacial score (nSPS) is 39.3. The zero-order chi connectivity index (χ0) is 17.4. The molecule has 0 saturated carbocycles. The Hall–Kier alpha value is -1.47. The lowest BCUT2D eigenvalue weighted by Crippen LogP contribution is -2.63. The minimum absolute atomic E-state index is 0.523. The van der Waals surface area contributed by atoms with Crippen molar-refractivity contribution in [1.82, 2.24) is 0 Å². The van der Waals surface area contributed by atoms with E-state index < -0.39 is 73.6 Å². The molecule has 23 heavy (non-hydrogen) atoms. The van der Waals surface area contributed by atoms with Gasteiger partial charge in [-0.15, -0.1) is 0 Å². The molecular weight excluding hydrogens is 320 g/mol. The molecule has 132 valence electrons. The van der Waals surface area contributed by atoms with E-state index in [0.29, 0.717) is 0 Å². The average molecular weight is 338 g/mol. The van der Waals surface area contributed by atoms with Crippen LogP contribution in [0, 0.1) is 0 Å². The van der Waals surface area contributed by atoms with Crippen molar-refractivity contribution in [3.8, 4) is 0 Å². The molecule has 6 atom stereocenters. The number of cyclic esters (lactones) is 1. The van der Waals surface area contributed by atoms with Gasteiger partial charge in [0.05, 0.1) is 13.2 Å². The highest BCUT2D eigenvalue weighted by molar-refractivity contribution is 5.89. The van der Waals surface area contributed by atoms with E-state index in [1.807, 2.05) is 0 Å². The van der Waals surface area contributed by atoms with Gasteiger partial charge in [-0.05, 0) is 0 Å². The van der Waals surface area contributed by atoms with Gasteiger partial charge >= 0.3 is 5.97 Å². The Morgan fingerprint density at radius 2 is 1.96 bits per heavy atom. The topological polar surface area (TPSA) is 186 Å². The Morgan fingerprint density at radius 1 is 1.30 bits per heavy atom. The number of aliphatic hydroxyl groups excluding tert-OH is 7. The molecule has 0 radical (unpaired) electrons. The highest BCUT2D eigenvalue weighted by Crippen LogP contribution is 2.33. The number of carbonyl (C=O) groups excluding carboxylic acids is 1. The van der Waals surface area contributed by atoms with Crippen molar-refractivity contribution in [3.63, 3.8) is 0 Å². The molecule has 7 N–H and O–H groups in total. The van der Waals surface area contributed by atoms with E-state index in [2.05, 4.69) is 4.74 Å². The molecule has 0 bridgehead atoms. The first kappa shape index (κ1) is 17.9. The predicted octanol–water partition coefficient (Wildman–Crippen LogP) is -4.15. The maximum atomic E-state index is 11.7. The molecule has 0 aromatic rings. The lowest BCUT2D eigenvalue weighted by Gasteiger charge is -2.43. The third kappa shape index (κ3) is 2.99. The van der Waals surface area contributed by atoms with Gasteiger partial charge in [0.25, 0.3) is 5.79 Å². The zero-order valence-corrected chi connectivity index (χ0v) is 11.8. The second kappa shape index (κ2) is 6.57. The summed E-state index contributed by atoms with van der Waals surface area (Å²) in [6.07, 6.45) is -8.35. The number of hydrogen-bond donors (Lipinski definition) is 7. The first-order chi connectivity index (χ1) is 10.8. The molecule has 2 rings (SSSR count). The molecule has 2 aliphatic rings. The van der Waals surface area contributed by atoms with Crippen molar-refractivity contribution in [2.75, 3.05) is 19.8 Å². The third-order valence-corrected chi connectivity index (χ3v) is 3.62. The fourth-order valence-electron chi connectivity index (χ4n) is 2.22. The summed E-state index contributed by atoms with van der Waals surface area (Å²) in [6.45, 7) is -2.37. The third-order valence-electron chi connectivity index (χ3n) is 3.62. The first-order valence-corrected chi connectivity index (χ1v) is 6.68. The summed E-state index contributed by atoms with van der Waals surface area (Å²) in [6, 6.07) is 0. The molecule has 11 heteroatoms. The standard InChI is InChI=1S/C12H18O11/c13-1-4(15)8-7(18)9(11(20)22-8)23-12(3-14)10(19)6(17)5(16)2-21-12/h4-6,8,10,13-19H,1-3H2/t4-,5+,6-,8+,10+,12-/m0/s1. The average Bonchev–Trinajstić information content (AvgIpc) is 2.82. The van der Waals surface area contributed by atoms with Gasteiger partial charge in [0.2, 0.25) is 5.76 Å². The minimum atomic E-state index is -2.33. The Kier molecular flexibility index (Phi) is 5.10. The van der Waals surface area contributed by atoms with Crippen LogP contribution in [0.3, 0.4) is 0 Å². The quantitative estimate of drug-likeness (QED) is 0.241. The summed E-state index contributed by atoms with van der Waals surface area (Å²) in [5.74, 6) is -5.30. The van der Waals surface area contributed by atoms with Gasteiger partial charge in [-0.1, -0.05) is 0 Å². The Balaban J connectivity index is 2.27. The molecule has 1 saturated heterocycles. The Bertz CT molecular complexity index is 491. The molecular formula is C12H18O11. The number of rotatable bonds is 5. The van der Waals surface area contributed by atoms with Gasteiger partial charge in [0, 0.05) is 0 Å². The van der Waals surface area contributed by atoms with Crippen molar-refractivity contribution in [2.45, 2.75) is 36.3 Å². The van der Waals surface area contributed by atoms with Crippen LogP contribution >= 0.6 is 0 Å². The van der Waals surface area contributed by atoms with E-state index in [4.69, 9.17) is 14.6 Å². The fourth-order valence-corrected chi connectivity index (χ4v) is 2.22. The summed E-state index contributed by atoms with van der Waals surface area (Å²) in [4.78, 5) is 11.7. The SMILES string of the molecule is O=C1O[C@H]([C@@H](O)CO)C(O)=C1O[C@]1(CO)OC[C@@H](O)[C@H](O)[C@H]1O. The van der Waals surface area contributed by atoms with Crippen molar-refractivity contribution in [1.29, 1.82) is 0 Å². The van der Waals surface area contributed by atoms with Crippen LogP contribution < -0.4 is 0 Å². The summed E-state index contributed by atoms with van der Waals surface area (Å²) < 4.78 is 14.7. The molecule has 0 spiro atoms.